The molecular formula is C49H31N3. The molecule has 52 heavy (non-hydrogen) atoms. The van der Waals surface area contributed by atoms with Crippen molar-refractivity contribution in [1.82, 2.24) is 14.4 Å². The zero-order valence-electron chi connectivity index (χ0n) is 28.5. The van der Waals surface area contributed by atoms with E-state index in [0.717, 1.165) is 39.0 Å². The summed E-state index contributed by atoms with van der Waals surface area (Å²) in [6.07, 6.45) is 0. The van der Waals surface area contributed by atoms with Crippen molar-refractivity contribution in [1.29, 1.82) is 0 Å². The molecule has 0 N–H and O–H groups in total. The molecule has 3 heteroatoms. The molecule has 2 aromatic heterocycles. The van der Waals surface area contributed by atoms with Crippen LogP contribution in [0.25, 0.3) is 104 Å². The molecule has 9 aromatic carbocycles. The average Bonchev–Trinajstić information content (AvgIpc) is 3.59. The van der Waals surface area contributed by atoms with E-state index in [2.05, 4.69) is 169 Å². The molecule has 11 aromatic rings. The van der Waals surface area contributed by atoms with Gasteiger partial charge in [-0.3, -0.25) is 4.40 Å². The molecule has 0 fully saturated rings. The lowest BCUT2D eigenvalue weighted by molar-refractivity contribution is 1.16. The molecule has 2 heterocycles. The number of aromatic nitrogens is 3. The minimum atomic E-state index is 0.893. The second-order valence-corrected chi connectivity index (χ2v) is 13.9. The van der Waals surface area contributed by atoms with E-state index in [1.54, 1.807) is 0 Å². The number of hydrogen-bond acceptors (Lipinski definition) is 2. The Morgan fingerprint density at radius 1 is 0.385 bits per heavy atom. The molecule has 0 saturated carbocycles. The van der Waals surface area contributed by atoms with E-state index in [0.29, 0.717) is 0 Å². The number of aryl methyl sites for hydroxylation is 1. The van der Waals surface area contributed by atoms with Crippen LogP contribution in [0, 0.1) is 6.92 Å². The van der Waals surface area contributed by atoms with E-state index in [1.165, 1.54) is 70.9 Å². The summed E-state index contributed by atoms with van der Waals surface area (Å²) in [6.45, 7) is 2.15. The first kappa shape index (κ1) is 28.9. The molecule has 0 bridgehead atoms. The van der Waals surface area contributed by atoms with Gasteiger partial charge in [0, 0.05) is 10.9 Å². The summed E-state index contributed by atoms with van der Waals surface area (Å²) in [4.78, 5) is 10.3. The van der Waals surface area contributed by atoms with Gasteiger partial charge in [0.2, 0.25) is 0 Å². The van der Waals surface area contributed by atoms with Crippen LogP contribution >= 0.6 is 0 Å². The summed E-state index contributed by atoms with van der Waals surface area (Å²) in [5, 5.41) is 11.0. The zero-order chi connectivity index (χ0) is 34.3. The van der Waals surface area contributed by atoms with Crippen molar-refractivity contribution in [3.05, 3.63) is 175 Å². The summed E-state index contributed by atoms with van der Waals surface area (Å²) >= 11 is 0. The third kappa shape index (κ3) is 4.33. The van der Waals surface area contributed by atoms with Crippen LogP contribution in [0.5, 0.6) is 0 Å². The van der Waals surface area contributed by atoms with Crippen molar-refractivity contribution in [3.8, 4) is 33.6 Å². The number of rotatable bonds is 3. The molecule has 0 aliphatic rings. The minimum absolute atomic E-state index is 0.893. The Morgan fingerprint density at radius 3 is 1.46 bits per heavy atom. The monoisotopic (exact) mass is 661 g/mol. The van der Waals surface area contributed by atoms with Crippen LogP contribution in [0.1, 0.15) is 5.56 Å². The Bertz CT molecular complexity index is 3200. The number of nitrogens with zero attached hydrogens (tertiary/aromatic N) is 3. The Morgan fingerprint density at radius 2 is 0.846 bits per heavy atom. The van der Waals surface area contributed by atoms with Gasteiger partial charge >= 0.3 is 0 Å². The number of para-hydroxylation sites is 3. The van der Waals surface area contributed by atoms with Crippen molar-refractivity contribution < 1.29 is 0 Å². The molecule has 0 aliphatic carbocycles. The lowest BCUT2D eigenvalue weighted by Gasteiger charge is -2.18. The summed E-state index contributed by atoms with van der Waals surface area (Å²) in [7, 11) is 0. The van der Waals surface area contributed by atoms with Gasteiger partial charge < -0.3 is 0 Å². The van der Waals surface area contributed by atoms with Crippen LogP contribution in [0.15, 0.2) is 170 Å². The number of imidazole rings is 1. The Kier molecular flexibility index (Phi) is 6.17. The van der Waals surface area contributed by atoms with Gasteiger partial charge in [-0.2, -0.15) is 0 Å². The van der Waals surface area contributed by atoms with Gasteiger partial charge in [0.1, 0.15) is 11.5 Å². The minimum Gasteiger partial charge on any atom is -0.276 e. The quantitative estimate of drug-likeness (QED) is 0.176. The zero-order valence-corrected chi connectivity index (χ0v) is 28.5. The van der Waals surface area contributed by atoms with Gasteiger partial charge in [0.05, 0.1) is 16.6 Å². The second kappa shape index (κ2) is 11.1. The average molecular weight is 662 g/mol. The highest BCUT2D eigenvalue weighted by atomic mass is 15.1. The van der Waals surface area contributed by atoms with E-state index in [-0.39, 0.29) is 0 Å². The van der Waals surface area contributed by atoms with Crippen molar-refractivity contribution in [2.75, 3.05) is 0 Å². The third-order valence-corrected chi connectivity index (χ3v) is 10.7. The lowest BCUT2D eigenvalue weighted by atomic mass is 9.85. The molecule has 3 nitrogen and oxygen atoms in total. The van der Waals surface area contributed by atoms with E-state index in [4.69, 9.17) is 9.97 Å². The molecule has 11 rings (SSSR count). The van der Waals surface area contributed by atoms with E-state index < -0.39 is 0 Å². The number of fused-ring (bicyclic) bond motifs is 9. The molecule has 0 radical (unpaired) electrons. The van der Waals surface area contributed by atoms with Crippen molar-refractivity contribution in [2.24, 2.45) is 0 Å². The van der Waals surface area contributed by atoms with Crippen molar-refractivity contribution >= 4 is 70.7 Å². The first-order chi connectivity index (χ1) is 25.7. The molecule has 0 unspecified atom stereocenters. The highest BCUT2D eigenvalue weighted by Gasteiger charge is 2.18. The molecule has 0 spiro atoms. The van der Waals surface area contributed by atoms with Crippen molar-refractivity contribution in [2.45, 2.75) is 6.92 Å². The fourth-order valence-electron chi connectivity index (χ4n) is 8.35. The third-order valence-electron chi connectivity index (χ3n) is 10.7. The van der Waals surface area contributed by atoms with E-state index >= 15 is 0 Å². The standard InChI is InChI=1S/C49H31N3/c1-30-18-19-32-27-35(23-20-31(32)26-30)46-38-10-2-4-12-40(38)47(41-13-5-3-11-39(41)46)36-24-21-34-29-37(25-22-33(34)28-36)48-50-43-15-7-6-14-42(43)49-51-44-16-8-9-17-45(44)52(48)49/h2-29H,1H3. The predicted molar refractivity (Wildman–Crippen MR) is 219 cm³/mol. The van der Waals surface area contributed by atoms with Crippen molar-refractivity contribution in [3.63, 3.8) is 0 Å². The van der Waals surface area contributed by atoms with Gasteiger partial charge in [0.25, 0.3) is 0 Å². The summed E-state index contributed by atoms with van der Waals surface area (Å²) in [5.74, 6) is 0.893. The lowest BCUT2D eigenvalue weighted by Crippen LogP contribution is -1.98. The maximum atomic E-state index is 5.21. The highest BCUT2D eigenvalue weighted by Crippen LogP contribution is 2.45. The van der Waals surface area contributed by atoms with Crippen LogP contribution in [0.3, 0.4) is 0 Å². The Balaban J connectivity index is 1.10. The van der Waals surface area contributed by atoms with Gasteiger partial charge in [-0.25, -0.2) is 9.97 Å². The molecular weight excluding hydrogens is 631 g/mol. The molecule has 0 atom stereocenters. The van der Waals surface area contributed by atoms with Gasteiger partial charge in [-0.1, -0.05) is 133 Å². The van der Waals surface area contributed by atoms with Crippen LogP contribution in [-0.4, -0.2) is 14.4 Å². The fourth-order valence-corrected chi connectivity index (χ4v) is 8.35. The van der Waals surface area contributed by atoms with Crippen LogP contribution < -0.4 is 0 Å². The largest absolute Gasteiger partial charge is 0.276 e. The van der Waals surface area contributed by atoms with E-state index in [9.17, 15) is 0 Å². The molecule has 0 saturated heterocycles. The second-order valence-electron chi connectivity index (χ2n) is 13.9. The fraction of sp³-hybridized carbons (Fsp3) is 0.0204. The first-order valence-corrected chi connectivity index (χ1v) is 17.8. The summed E-state index contributed by atoms with van der Waals surface area (Å²) in [6, 6.07) is 61.6. The Labute approximate surface area is 300 Å². The van der Waals surface area contributed by atoms with Gasteiger partial charge in [0.15, 0.2) is 0 Å². The van der Waals surface area contributed by atoms with Crippen LogP contribution in [0.4, 0.5) is 0 Å². The maximum absolute atomic E-state index is 5.21. The van der Waals surface area contributed by atoms with E-state index in [1.807, 2.05) is 12.1 Å². The topological polar surface area (TPSA) is 30.2 Å². The summed E-state index contributed by atoms with van der Waals surface area (Å²) in [5.41, 5.74) is 11.2. The van der Waals surface area contributed by atoms with Gasteiger partial charge in [-0.05, 0) is 115 Å². The maximum Gasteiger partial charge on any atom is 0.149 e. The Hall–Kier alpha value is -6.84. The van der Waals surface area contributed by atoms with Gasteiger partial charge in [-0.15, -0.1) is 0 Å². The highest BCUT2D eigenvalue weighted by molar-refractivity contribution is 6.22. The van der Waals surface area contributed by atoms with Crippen LogP contribution in [-0.2, 0) is 0 Å². The number of hydrogen-bond donors (Lipinski definition) is 0. The first-order valence-electron chi connectivity index (χ1n) is 17.8. The summed E-state index contributed by atoms with van der Waals surface area (Å²) < 4.78 is 2.21. The molecule has 242 valence electrons. The number of benzene rings is 9. The SMILES string of the molecule is Cc1ccc2cc(-c3c4ccccc4c(-c4ccc5cc(-c6nc7ccccc7c7nc8ccccc8n67)ccc5c4)c4ccccc34)ccc2c1. The molecule has 0 amide bonds. The normalized spacial score (nSPS) is 11.9. The smallest absolute Gasteiger partial charge is 0.149 e. The predicted octanol–water partition coefficient (Wildman–Crippen LogP) is 13.0. The van der Waals surface area contributed by atoms with Crippen LogP contribution in [0.2, 0.25) is 0 Å². The molecule has 0 aliphatic heterocycles.